The van der Waals surface area contributed by atoms with E-state index in [1.54, 1.807) is 0 Å². The Morgan fingerprint density at radius 2 is 1.81 bits per heavy atom. The van der Waals surface area contributed by atoms with E-state index in [4.69, 9.17) is 11.6 Å². The third-order valence-corrected chi connectivity index (χ3v) is 3.79. The zero-order valence-electron chi connectivity index (χ0n) is 12.1. The van der Waals surface area contributed by atoms with E-state index in [0.717, 1.165) is 29.6 Å². The Morgan fingerprint density at radius 1 is 1.14 bits per heavy atom. The molecule has 0 aliphatic heterocycles. The summed E-state index contributed by atoms with van der Waals surface area (Å²) in [6.07, 6.45) is 6.39. The predicted molar refractivity (Wildman–Crippen MR) is 85.5 cm³/mol. The first kappa shape index (κ1) is 14.3. The molecule has 1 fully saturated rings. The third-order valence-electron chi connectivity index (χ3n) is 3.54. The largest absolute Gasteiger partial charge is 0.340 e. The molecule has 1 aromatic carbocycles. The number of halogens is 1. The van der Waals surface area contributed by atoms with E-state index in [2.05, 4.69) is 15.3 Å². The number of benzene rings is 1. The van der Waals surface area contributed by atoms with Crippen LogP contribution in [0.3, 0.4) is 0 Å². The summed E-state index contributed by atoms with van der Waals surface area (Å²) in [6, 6.07) is 8.55. The second-order valence-electron chi connectivity index (χ2n) is 5.53. The average molecular weight is 303 g/mol. The van der Waals surface area contributed by atoms with Gasteiger partial charge < -0.3 is 10.2 Å². The van der Waals surface area contributed by atoms with Crippen molar-refractivity contribution in [1.82, 2.24) is 15.3 Å². The zero-order chi connectivity index (χ0) is 14.7. The molecule has 1 aromatic heterocycles. The van der Waals surface area contributed by atoms with Crippen molar-refractivity contribution in [2.75, 3.05) is 11.9 Å². The normalized spacial score (nSPS) is 14.2. The molecule has 0 amide bonds. The summed E-state index contributed by atoms with van der Waals surface area (Å²) in [5.74, 6) is 0.736. The van der Waals surface area contributed by atoms with Crippen molar-refractivity contribution in [3.63, 3.8) is 0 Å². The summed E-state index contributed by atoms with van der Waals surface area (Å²) in [6.45, 7) is 1.61. The van der Waals surface area contributed by atoms with Crippen LogP contribution in [-0.4, -0.2) is 23.1 Å². The number of hydrogen-bond acceptors (Lipinski definition) is 4. The predicted octanol–water partition coefficient (Wildman–Crippen LogP) is 3.02. The molecular weight excluding hydrogens is 284 g/mol. The topological polar surface area (TPSA) is 41.1 Å². The van der Waals surface area contributed by atoms with Gasteiger partial charge in [-0.15, -0.1) is 0 Å². The smallest absolute Gasteiger partial charge is 0.225 e. The lowest BCUT2D eigenvalue weighted by atomic mass is 10.2. The minimum absolute atomic E-state index is 0.706. The van der Waals surface area contributed by atoms with Crippen molar-refractivity contribution in [2.45, 2.75) is 32.0 Å². The highest BCUT2D eigenvalue weighted by Crippen LogP contribution is 2.19. The van der Waals surface area contributed by atoms with Crippen molar-refractivity contribution in [3.8, 4) is 0 Å². The molecule has 1 heterocycles. The third kappa shape index (κ3) is 4.16. The van der Waals surface area contributed by atoms with E-state index >= 15 is 0 Å². The summed E-state index contributed by atoms with van der Waals surface area (Å²) in [4.78, 5) is 10.9. The molecule has 2 aromatic rings. The molecule has 0 saturated heterocycles. The van der Waals surface area contributed by atoms with Crippen LogP contribution in [0.2, 0.25) is 5.02 Å². The lowest BCUT2D eigenvalue weighted by Gasteiger charge is -2.17. The summed E-state index contributed by atoms with van der Waals surface area (Å²) in [7, 11) is 1.99. The van der Waals surface area contributed by atoms with Gasteiger partial charge in [-0.3, -0.25) is 0 Å². The van der Waals surface area contributed by atoms with Crippen LogP contribution in [0.25, 0.3) is 0 Å². The van der Waals surface area contributed by atoms with Gasteiger partial charge in [-0.1, -0.05) is 23.7 Å². The van der Waals surface area contributed by atoms with E-state index in [1.165, 1.54) is 18.4 Å². The monoisotopic (exact) mass is 302 g/mol. The molecule has 21 heavy (non-hydrogen) atoms. The van der Waals surface area contributed by atoms with Crippen LogP contribution in [0.1, 0.15) is 24.0 Å². The first-order chi connectivity index (χ1) is 10.2. The fraction of sp³-hybridized carbons (Fsp3) is 0.375. The van der Waals surface area contributed by atoms with Crippen molar-refractivity contribution in [1.29, 1.82) is 0 Å². The maximum absolute atomic E-state index is 5.89. The van der Waals surface area contributed by atoms with Crippen molar-refractivity contribution >= 4 is 17.5 Å². The highest BCUT2D eigenvalue weighted by molar-refractivity contribution is 6.30. The summed E-state index contributed by atoms with van der Waals surface area (Å²) in [5, 5.41) is 4.22. The molecule has 3 rings (SSSR count). The molecule has 0 unspecified atom stereocenters. The van der Waals surface area contributed by atoms with Crippen LogP contribution < -0.4 is 10.2 Å². The standard InChI is InChI=1S/C16H19ClN4/c1-21(11-12-2-4-14(17)5-3-12)16-19-9-13(10-20-16)8-18-15-6-7-15/h2-5,9-10,15,18H,6-8,11H2,1H3. The van der Waals surface area contributed by atoms with Crippen molar-refractivity contribution in [3.05, 3.63) is 52.8 Å². The summed E-state index contributed by atoms with van der Waals surface area (Å²) >= 11 is 5.89. The number of rotatable bonds is 6. The Kier molecular flexibility index (Phi) is 4.36. The number of anilines is 1. The molecule has 0 radical (unpaired) electrons. The maximum atomic E-state index is 5.89. The van der Waals surface area contributed by atoms with E-state index in [1.807, 2.05) is 48.6 Å². The van der Waals surface area contributed by atoms with Crippen LogP contribution >= 0.6 is 11.6 Å². The number of nitrogens with one attached hydrogen (secondary N) is 1. The van der Waals surface area contributed by atoms with Crippen LogP contribution in [0, 0.1) is 0 Å². The zero-order valence-corrected chi connectivity index (χ0v) is 12.8. The van der Waals surface area contributed by atoms with Crippen LogP contribution in [0.4, 0.5) is 5.95 Å². The van der Waals surface area contributed by atoms with Gasteiger partial charge in [0, 0.05) is 49.2 Å². The molecule has 0 spiro atoms. The minimum atomic E-state index is 0.706. The Morgan fingerprint density at radius 3 is 2.43 bits per heavy atom. The average Bonchev–Trinajstić information content (AvgIpc) is 3.32. The number of nitrogens with zero attached hydrogens (tertiary/aromatic N) is 3. The molecule has 5 heteroatoms. The Bertz CT molecular complexity index is 578. The molecule has 110 valence electrons. The van der Waals surface area contributed by atoms with Gasteiger partial charge in [0.2, 0.25) is 5.95 Å². The molecule has 1 aliphatic carbocycles. The molecular formula is C16H19ClN4. The fourth-order valence-corrected chi connectivity index (χ4v) is 2.25. The SMILES string of the molecule is CN(Cc1ccc(Cl)cc1)c1ncc(CNC2CC2)cn1. The molecule has 4 nitrogen and oxygen atoms in total. The molecule has 1 aliphatic rings. The van der Waals surface area contributed by atoms with Crippen molar-refractivity contribution < 1.29 is 0 Å². The first-order valence-electron chi connectivity index (χ1n) is 7.20. The quantitative estimate of drug-likeness (QED) is 0.890. The van der Waals surface area contributed by atoms with E-state index < -0.39 is 0 Å². The van der Waals surface area contributed by atoms with Crippen LogP contribution in [0.15, 0.2) is 36.7 Å². The van der Waals surface area contributed by atoms with Crippen molar-refractivity contribution in [2.24, 2.45) is 0 Å². The summed E-state index contributed by atoms with van der Waals surface area (Å²) in [5.41, 5.74) is 2.32. The van der Waals surface area contributed by atoms with E-state index in [-0.39, 0.29) is 0 Å². The first-order valence-corrected chi connectivity index (χ1v) is 7.58. The molecule has 1 N–H and O–H groups in total. The second-order valence-corrected chi connectivity index (χ2v) is 5.97. The van der Waals surface area contributed by atoms with Crippen LogP contribution in [-0.2, 0) is 13.1 Å². The van der Waals surface area contributed by atoms with Gasteiger partial charge in [0.05, 0.1) is 0 Å². The number of hydrogen-bond donors (Lipinski definition) is 1. The Balaban J connectivity index is 1.58. The van der Waals surface area contributed by atoms with Gasteiger partial charge in [-0.05, 0) is 30.5 Å². The number of aromatic nitrogens is 2. The molecule has 0 atom stereocenters. The van der Waals surface area contributed by atoms with E-state index in [9.17, 15) is 0 Å². The Hall–Kier alpha value is -1.65. The van der Waals surface area contributed by atoms with Gasteiger partial charge in [-0.2, -0.15) is 0 Å². The van der Waals surface area contributed by atoms with Gasteiger partial charge in [0.15, 0.2) is 0 Å². The maximum Gasteiger partial charge on any atom is 0.225 e. The fourth-order valence-electron chi connectivity index (χ4n) is 2.12. The second kappa shape index (κ2) is 6.41. The van der Waals surface area contributed by atoms with Gasteiger partial charge in [0.25, 0.3) is 0 Å². The van der Waals surface area contributed by atoms with Gasteiger partial charge in [0.1, 0.15) is 0 Å². The van der Waals surface area contributed by atoms with Gasteiger partial charge in [-0.25, -0.2) is 9.97 Å². The Labute approximate surface area is 130 Å². The highest BCUT2D eigenvalue weighted by Gasteiger charge is 2.20. The van der Waals surface area contributed by atoms with Crippen LogP contribution in [0.5, 0.6) is 0 Å². The van der Waals surface area contributed by atoms with E-state index in [0.29, 0.717) is 6.04 Å². The molecule has 1 saturated carbocycles. The highest BCUT2D eigenvalue weighted by atomic mass is 35.5. The molecule has 0 bridgehead atoms. The lowest BCUT2D eigenvalue weighted by Crippen LogP contribution is -2.20. The lowest BCUT2D eigenvalue weighted by molar-refractivity contribution is 0.682. The summed E-state index contributed by atoms with van der Waals surface area (Å²) < 4.78 is 0. The minimum Gasteiger partial charge on any atom is -0.340 e. The van der Waals surface area contributed by atoms with Gasteiger partial charge >= 0.3 is 0 Å².